The number of carboxylic acids is 1. The quantitative estimate of drug-likeness (QED) is 0.160. The van der Waals surface area contributed by atoms with Crippen molar-refractivity contribution in [2.75, 3.05) is 46.3 Å². The van der Waals surface area contributed by atoms with Crippen LogP contribution in [0.2, 0.25) is 0 Å². The summed E-state index contributed by atoms with van der Waals surface area (Å²) < 4.78 is 0. The van der Waals surface area contributed by atoms with Crippen molar-refractivity contribution >= 4 is 35.3 Å². The number of fused-ring (bicyclic) bond motifs is 1. The van der Waals surface area contributed by atoms with E-state index in [2.05, 4.69) is 10.6 Å². The molecule has 12 nitrogen and oxygen atoms in total. The number of rotatable bonds is 10. The van der Waals surface area contributed by atoms with Gasteiger partial charge in [0.15, 0.2) is 0 Å². The number of likely N-dealkylation sites (N-methyl/N-ethyl adjacent to an activating group) is 1. The van der Waals surface area contributed by atoms with Crippen LogP contribution in [0.15, 0.2) is 10.6 Å². The fourth-order valence-corrected chi connectivity index (χ4v) is 7.62. The monoisotopic (exact) mass is 537 g/mol. The van der Waals surface area contributed by atoms with Crippen LogP contribution in [0.5, 0.6) is 0 Å². The van der Waals surface area contributed by atoms with Crippen molar-refractivity contribution in [3.8, 4) is 0 Å². The SMILES string of the molecule is CNCC(=O)C[C@H](C)[C@H]1C(=O)N2C(C(=O)O)=C(S[C@@H]3CN[C@H](C(=O)N4CCN(C(N)N)CC4)C3)[C@H](C)[C@H]12. The molecule has 0 aromatic heterocycles. The Bertz CT molecular complexity index is 967. The van der Waals surface area contributed by atoms with Gasteiger partial charge in [0.25, 0.3) is 0 Å². The Labute approximate surface area is 221 Å². The van der Waals surface area contributed by atoms with E-state index in [1.807, 2.05) is 23.6 Å². The molecule has 0 spiro atoms. The number of aliphatic carboxylic acids is 1. The van der Waals surface area contributed by atoms with E-state index in [1.54, 1.807) is 7.05 Å². The van der Waals surface area contributed by atoms with Gasteiger partial charge in [0, 0.05) is 55.2 Å². The van der Waals surface area contributed by atoms with E-state index in [4.69, 9.17) is 11.5 Å². The number of hydrogen-bond acceptors (Lipinski definition) is 10. The number of piperazine rings is 1. The van der Waals surface area contributed by atoms with Crippen LogP contribution >= 0.6 is 11.8 Å². The molecule has 0 unspecified atom stereocenters. The van der Waals surface area contributed by atoms with Gasteiger partial charge in [-0.3, -0.25) is 19.3 Å². The first kappa shape index (κ1) is 28.0. The molecule has 4 rings (SSSR count). The minimum atomic E-state index is -1.11. The van der Waals surface area contributed by atoms with Crippen LogP contribution in [0.3, 0.4) is 0 Å². The second-order valence-electron chi connectivity index (χ2n) is 10.6. The van der Waals surface area contributed by atoms with Gasteiger partial charge < -0.3 is 37.0 Å². The molecule has 0 saturated carbocycles. The second-order valence-corrected chi connectivity index (χ2v) is 11.9. The van der Waals surface area contributed by atoms with Crippen molar-refractivity contribution in [2.24, 2.45) is 29.2 Å². The standard InChI is InChI=1S/C24H39N7O5S/c1-12(8-14(32)10-27-3)17-18-13(2)20(19(23(35)36)31(18)22(17)34)37-15-9-16(28-11-15)21(33)29-4-6-30(7-5-29)24(25)26/h12-13,15-18,24,27-28H,4-11,25-26H2,1-3H3,(H,35,36)/t12-,13+,15-,16-,17+,18+/m0/s1. The Hall–Kier alpha value is -2.03. The van der Waals surface area contributed by atoms with Gasteiger partial charge in [-0.25, -0.2) is 4.79 Å². The number of amides is 2. The molecule has 3 fully saturated rings. The fourth-order valence-electron chi connectivity index (χ4n) is 6.14. The summed E-state index contributed by atoms with van der Waals surface area (Å²) >= 11 is 1.47. The topological polar surface area (TPSA) is 174 Å². The van der Waals surface area contributed by atoms with Crippen LogP contribution in [0, 0.1) is 17.8 Å². The molecule has 0 radical (unpaired) electrons. The van der Waals surface area contributed by atoms with Gasteiger partial charge in [-0.05, 0) is 19.4 Å². The van der Waals surface area contributed by atoms with Crippen LogP contribution in [0.4, 0.5) is 0 Å². The lowest BCUT2D eigenvalue weighted by atomic mass is 9.73. The number of nitrogens with one attached hydrogen (secondary N) is 2. The summed E-state index contributed by atoms with van der Waals surface area (Å²) in [5.74, 6) is -1.95. The van der Waals surface area contributed by atoms with Crippen LogP contribution in [-0.4, -0.2) is 113 Å². The molecule has 7 N–H and O–H groups in total. The molecule has 0 bridgehead atoms. The van der Waals surface area contributed by atoms with Gasteiger partial charge in [-0.2, -0.15) is 0 Å². The van der Waals surface area contributed by atoms with E-state index in [0.717, 1.165) is 0 Å². The lowest BCUT2D eigenvalue weighted by molar-refractivity contribution is -0.160. The number of hydrogen-bond donors (Lipinski definition) is 5. The van der Waals surface area contributed by atoms with E-state index in [1.165, 1.54) is 16.7 Å². The molecule has 0 aliphatic carbocycles. The summed E-state index contributed by atoms with van der Waals surface area (Å²) in [5.41, 5.74) is 11.5. The number of carbonyl (C=O) groups excluding carboxylic acids is 3. The highest BCUT2D eigenvalue weighted by atomic mass is 32.2. The number of Topliss-reactive ketones (excluding diaryl/α,β-unsaturated/α-hetero) is 1. The molecule has 6 atom stereocenters. The maximum absolute atomic E-state index is 13.1. The van der Waals surface area contributed by atoms with Gasteiger partial charge >= 0.3 is 5.97 Å². The van der Waals surface area contributed by atoms with Crippen LogP contribution in [0.1, 0.15) is 26.7 Å². The number of nitrogens with two attached hydrogens (primary N) is 2. The summed E-state index contributed by atoms with van der Waals surface area (Å²) in [7, 11) is 1.71. The van der Waals surface area contributed by atoms with E-state index in [9.17, 15) is 24.3 Å². The normalized spacial score (nSPS) is 31.1. The number of carboxylic acid groups (broad SMARTS) is 1. The van der Waals surface area contributed by atoms with Crippen molar-refractivity contribution < 1.29 is 24.3 Å². The summed E-state index contributed by atoms with van der Waals surface area (Å²) in [4.78, 5) is 56.4. The van der Waals surface area contributed by atoms with Gasteiger partial charge in [-0.15, -0.1) is 11.8 Å². The second kappa shape index (κ2) is 11.4. The lowest BCUT2D eigenvalue weighted by Gasteiger charge is -2.47. The zero-order valence-electron chi connectivity index (χ0n) is 21.7. The van der Waals surface area contributed by atoms with Crippen molar-refractivity contribution in [2.45, 2.75) is 50.3 Å². The third kappa shape index (κ3) is 5.43. The Morgan fingerprint density at radius 3 is 2.49 bits per heavy atom. The average Bonchev–Trinajstić information content (AvgIpc) is 3.40. The minimum absolute atomic E-state index is 0.0152. The Kier molecular flexibility index (Phi) is 8.61. The molecule has 0 aromatic rings. The predicted molar refractivity (Wildman–Crippen MR) is 139 cm³/mol. The number of carbonyl (C=O) groups is 4. The average molecular weight is 538 g/mol. The fraction of sp³-hybridized carbons (Fsp3) is 0.750. The first-order valence-corrected chi connectivity index (χ1v) is 13.8. The zero-order chi connectivity index (χ0) is 27.0. The Morgan fingerprint density at radius 1 is 1.22 bits per heavy atom. The predicted octanol–water partition coefficient (Wildman–Crippen LogP) is -1.62. The van der Waals surface area contributed by atoms with Gasteiger partial charge in [0.2, 0.25) is 11.8 Å². The Morgan fingerprint density at radius 2 is 1.89 bits per heavy atom. The molecule has 13 heteroatoms. The summed E-state index contributed by atoms with van der Waals surface area (Å²) in [6.45, 7) is 7.08. The van der Waals surface area contributed by atoms with E-state index >= 15 is 0 Å². The van der Waals surface area contributed by atoms with Gasteiger partial charge in [0.1, 0.15) is 17.8 Å². The highest BCUT2D eigenvalue weighted by Crippen LogP contribution is 2.53. The third-order valence-electron chi connectivity index (χ3n) is 8.06. The van der Waals surface area contributed by atoms with Crippen molar-refractivity contribution in [3.63, 3.8) is 0 Å². The highest BCUT2D eigenvalue weighted by Gasteiger charge is 2.60. The molecular formula is C24H39N7O5S. The third-order valence-corrected chi connectivity index (χ3v) is 9.57. The summed E-state index contributed by atoms with van der Waals surface area (Å²) in [6.07, 6.45) is 0.336. The summed E-state index contributed by atoms with van der Waals surface area (Å²) in [6, 6.07) is -0.582. The van der Waals surface area contributed by atoms with Crippen molar-refractivity contribution in [1.29, 1.82) is 0 Å². The molecule has 4 aliphatic rings. The maximum atomic E-state index is 13.1. The summed E-state index contributed by atoms with van der Waals surface area (Å²) in [5, 5.41) is 16.2. The first-order chi connectivity index (χ1) is 17.5. The Balaban J connectivity index is 1.39. The molecule has 2 amide bonds. The molecule has 37 heavy (non-hydrogen) atoms. The zero-order valence-corrected chi connectivity index (χ0v) is 22.5. The van der Waals surface area contributed by atoms with Crippen LogP contribution < -0.4 is 22.1 Å². The maximum Gasteiger partial charge on any atom is 0.353 e. The number of thioether (sulfide) groups is 1. The van der Waals surface area contributed by atoms with Crippen molar-refractivity contribution in [3.05, 3.63) is 10.6 Å². The molecule has 3 saturated heterocycles. The first-order valence-electron chi connectivity index (χ1n) is 13.0. The molecule has 4 heterocycles. The van der Waals surface area contributed by atoms with Crippen molar-refractivity contribution in [1.82, 2.24) is 25.3 Å². The highest BCUT2D eigenvalue weighted by molar-refractivity contribution is 8.03. The minimum Gasteiger partial charge on any atom is -0.477 e. The molecule has 0 aromatic carbocycles. The molecule has 4 aliphatic heterocycles. The smallest absolute Gasteiger partial charge is 0.353 e. The van der Waals surface area contributed by atoms with Crippen LogP contribution in [0.25, 0.3) is 0 Å². The van der Waals surface area contributed by atoms with Gasteiger partial charge in [-0.1, -0.05) is 13.8 Å². The largest absolute Gasteiger partial charge is 0.477 e. The number of nitrogens with zero attached hydrogens (tertiary/aromatic N) is 3. The van der Waals surface area contributed by atoms with Crippen LogP contribution in [-0.2, 0) is 19.2 Å². The van der Waals surface area contributed by atoms with Gasteiger partial charge in [0.05, 0.1) is 24.5 Å². The van der Waals surface area contributed by atoms with E-state index in [-0.39, 0.29) is 71.3 Å². The molecular weight excluding hydrogens is 498 g/mol. The van der Waals surface area contributed by atoms with E-state index < -0.39 is 12.3 Å². The molecule has 206 valence electrons. The van der Waals surface area contributed by atoms with E-state index in [0.29, 0.717) is 44.0 Å². The number of β-lactam (4-membered cyclic amide) rings is 1. The number of ketones is 1. The lowest BCUT2D eigenvalue weighted by Crippen LogP contribution is -2.62.